The molecule has 2 nitrogen and oxygen atoms in total. The molecule has 0 bridgehead atoms. The Bertz CT molecular complexity index is 490. The van der Waals surface area contributed by atoms with Crippen molar-refractivity contribution < 1.29 is 9.53 Å². The molecule has 0 fully saturated rings. The van der Waals surface area contributed by atoms with Gasteiger partial charge in [-0.3, -0.25) is 4.79 Å². The topological polar surface area (TPSA) is 26.3 Å². The third-order valence-corrected chi connectivity index (χ3v) is 3.42. The van der Waals surface area contributed by atoms with Crippen molar-refractivity contribution >= 4 is 5.97 Å². The minimum atomic E-state index is -0.201. The van der Waals surface area contributed by atoms with E-state index in [9.17, 15) is 4.79 Å². The van der Waals surface area contributed by atoms with Gasteiger partial charge in [-0.05, 0) is 51.4 Å². The highest BCUT2D eigenvalue weighted by atomic mass is 16.5. The molecule has 144 valence electrons. The van der Waals surface area contributed by atoms with Crippen LogP contribution in [-0.4, -0.2) is 12.6 Å². The fraction of sp³-hybridized carbons (Fsp3) is 0.458. The first-order valence-corrected chi connectivity index (χ1v) is 9.80. The van der Waals surface area contributed by atoms with E-state index in [1.165, 1.54) is 6.92 Å². The lowest BCUT2D eigenvalue weighted by Crippen LogP contribution is -1.99. The summed E-state index contributed by atoms with van der Waals surface area (Å²) < 4.78 is 4.87. The lowest BCUT2D eigenvalue weighted by atomic mass is 10.2. The Kier molecular flexibility index (Phi) is 19.3. The fourth-order valence-corrected chi connectivity index (χ4v) is 2.06. The second kappa shape index (κ2) is 21.0. The number of unbranched alkanes of at least 4 members (excludes halogenated alkanes) is 1. The summed E-state index contributed by atoms with van der Waals surface area (Å²) in [6.45, 7) is 4.11. The van der Waals surface area contributed by atoms with Gasteiger partial charge < -0.3 is 4.74 Å². The number of carbonyl (C=O) groups is 1. The van der Waals surface area contributed by atoms with Crippen molar-refractivity contribution in [2.24, 2.45) is 0 Å². The minimum absolute atomic E-state index is 0.201. The van der Waals surface area contributed by atoms with Gasteiger partial charge in [0.2, 0.25) is 0 Å². The molecule has 0 aromatic carbocycles. The van der Waals surface area contributed by atoms with Gasteiger partial charge in [0.1, 0.15) is 0 Å². The maximum Gasteiger partial charge on any atom is 0.302 e. The van der Waals surface area contributed by atoms with E-state index in [2.05, 4.69) is 79.8 Å². The molecule has 2 heteroatoms. The smallest absolute Gasteiger partial charge is 0.302 e. The predicted octanol–water partition coefficient (Wildman–Crippen LogP) is 7.03. The zero-order valence-corrected chi connectivity index (χ0v) is 16.6. The van der Waals surface area contributed by atoms with Crippen molar-refractivity contribution in [3.8, 4) is 0 Å². The number of allylic oxidation sites excluding steroid dienone is 12. The van der Waals surface area contributed by atoms with E-state index in [-0.39, 0.29) is 5.97 Å². The molecule has 0 aliphatic carbocycles. The highest BCUT2D eigenvalue weighted by Crippen LogP contribution is 1.98. The van der Waals surface area contributed by atoms with Crippen LogP contribution in [0.5, 0.6) is 0 Å². The van der Waals surface area contributed by atoms with Crippen LogP contribution < -0.4 is 0 Å². The Morgan fingerprint density at radius 1 is 0.654 bits per heavy atom. The molecule has 26 heavy (non-hydrogen) atoms. The van der Waals surface area contributed by atoms with E-state index in [1.807, 2.05) is 0 Å². The van der Waals surface area contributed by atoms with Crippen LogP contribution in [-0.2, 0) is 9.53 Å². The summed E-state index contributed by atoms with van der Waals surface area (Å²) in [6.07, 6.45) is 34.3. The van der Waals surface area contributed by atoms with Crippen molar-refractivity contribution in [1.82, 2.24) is 0 Å². The van der Waals surface area contributed by atoms with E-state index >= 15 is 0 Å². The van der Waals surface area contributed by atoms with E-state index in [0.717, 1.165) is 51.4 Å². The first kappa shape index (κ1) is 23.9. The Labute approximate surface area is 160 Å². The van der Waals surface area contributed by atoms with E-state index in [1.54, 1.807) is 0 Å². The van der Waals surface area contributed by atoms with Crippen LogP contribution >= 0.6 is 0 Å². The van der Waals surface area contributed by atoms with Crippen LogP contribution in [0.1, 0.15) is 65.2 Å². The largest absolute Gasteiger partial charge is 0.466 e. The van der Waals surface area contributed by atoms with Gasteiger partial charge in [0.15, 0.2) is 0 Å². The fourth-order valence-electron chi connectivity index (χ4n) is 2.06. The maximum absolute atomic E-state index is 10.6. The predicted molar refractivity (Wildman–Crippen MR) is 114 cm³/mol. The number of ether oxygens (including phenoxy) is 1. The van der Waals surface area contributed by atoms with Crippen LogP contribution in [0, 0.1) is 0 Å². The SMILES string of the molecule is CC/C=C/C/C=C/C/C=C/C/C=C/C/C=C/C/C=C/CCCOC(C)=O. The van der Waals surface area contributed by atoms with Crippen LogP contribution in [0.3, 0.4) is 0 Å². The quantitative estimate of drug-likeness (QED) is 0.179. The summed E-state index contributed by atoms with van der Waals surface area (Å²) in [5.41, 5.74) is 0. The van der Waals surface area contributed by atoms with Crippen LogP contribution in [0.25, 0.3) is 0 Å². The lowest BCUT2D eigenvalue weighted by molar-refractivity contribution is -0.141. The molecule has 0 aromatic rings. The van der Waals surface area contributed by atoms with Crippen LogP contribution in [0.4, 0.5) is 0 Å². The van der Waals surface area contributed by atoms with Gasteiger partial charge in [0.05, 0.1) is 6.61 Å². The average molecular weight is 357 g/mol. The van der Waals surface area contributed by atoms with Gasteiger partial charge in [0.25, 0.3) is 0 Å². The number of rotatable bonds is 15. The van der Waals surface area contributed by atoms with E-state index < -0.39 is 0 Å². The zero-order chi connectivity index (χ0) is 19.1. The molecule has 0 saturated carbocycles. The molecule has 0 aliphatic rings. The lowest BCUT2D eigenvalue weighted by Gasteiger charge is -1.97. The first-order valence-electron chi connectivity index (χ1n) is 9.80. The molecule has 0 N–H and O–H groups in total. The number of carbonyl (C=O) groups excluding carboxylic acids is 1. The summed E-state index contributed by atoms with van der Waals surface area (Å²) in [6, 6.07) is 0. The third-order valence-electron chi connectivity index (χ3n) is 3.42. The van der Waals surface area contributed by atoms with Crippen molar-refractivity contribution in [3.05, 3.63) is 72.9 Å². The molecule has 0 amide bonds. The molecule has 0 spiro atoms. The number of hydrogen-bond donors (Lipinski definition) is 0. The second-order valence-electron chi connectivity index (χ2n) is 5.90. The molecule has 0 atom stereocenters. The van der Waals surface area contributed by atoms with Gasteiger partial charge in [-0.1, -0.05) is 79.8 Å². The molecule has 0 aliphatic heterocycles. The van der Waals surface area contributed by atoms with Crippen molar-refractivity contribution in [2.45, 2.75) is 65.2 Å². The molecule has 0 radical (unpaired) electrons. The summed E-state index contributed by atoms with van der Waals surface area (Å²) >= 11 is 0. The van der Waals surface area contributed by atoms with Crippen molar-refractivity contribution in [1.29, 1.82) is 0 Å². The van der Waals surface area contributed by atoms with Crippen LogP contribution in [0.2, 0.25) is 0 Å². The molecule has 0 saturated heterocycles. The first-order chi connectivity index (χ1) is 12.8. The van der Waals surface area contributed by atoms with E-state index in [0.29, 0.717) is 6.61 Å². The summed E-state index contributed by atoms with van der Waals surface area (Å²) in [4.78, 5) is 10.6. The normalized spacial score (nSPS) is 12.8. The summed E-state index contributed by atoms with van der Waals surface area (Å²) in [7, 11) is 0. The zero-order valence-electron chi connectivity index (χ0n) is 16.6. The third kappa shape index (κ3) is 21.9. The van der Waals surface area contributed by atoms with Crippen LogP contribution in [0.15, 0.2) is 72.9 Å². The van der Waals surface area contributed by atoms with Crippen molar-refractivity contribution in [3.63, 3.8) is 0 Å². The molecular formula is C24H36O2. The van der Waals surface area contributed by atoms with Crippen molar-refractivity contribution in [2.75, 3.05) is 6.61 Å². The standard InChI is InChI=1S/C24H36O2/c1-3-4-5-6-7-8-9-10-11-12-13-14-15-16-17-18-19-20-21-22-23-26-24(2)25/h4-5,7-8,10-11,13-14,16-17,19-20H,3,6,9,12,15,18,21-23H2,1-2H3/b5-4+,8-7+,11-10+,14-13+,17-16+,20-19+. The van der Waals surface area contributed by atoms with Gasteiger partial charge in [-0.2, -0.15) is 0 Å². The Morgan fingerprint density at radius 2 is 1.04 bits per heavy atom. The Morgan fingerprint density at radius 3 is 1.42 bits per heavy atom. The number of hydrogen-bond acceptors (Lipinski definition) is 2. The van der Waals surface area contributed by atoms with E-state index in [4.69, 9.17) is 4.74 Å². The average Bonchev–Trinajstić information content (AvgIpc) is 2.62. The maximum atomic E-state index is 10.6. The van der Waals surface area contributed by atoms with Gasteiger partial charge in [0, 0.05) is 6.92 Å². The molecule has 0 unspecified atom stereocenters. The van der Waals surface area contributed by atoms with Gasteiger partial charge in [-0.15, -0.1) is 0 Å². The Hall–Kier alpha value is -2.09. The second-order valence-corrected chi connectivity index (χ2v) is 5.90. The molecule has 0 aromatic heterocycles. The molecular weight excluding hydrogens is 320 g/mol. The highest BCUT2D eigenvalue weighted by molar-refractivity contribution is 5.65. The summed E-state index contributed by atoms with van der Waals surface area (Å²) in [5, 5.41) is 0. The number of esters is 1. The molecule has 0 rings (SSSR count). The minimum Gasteiger partial charge on any atom is -0.466 e. The van der Waals surface area contributed by atoms with Gasteiger partial charge >= 0.3 is 5.97 Å². The molecule has 0 heterocycles. The highest BCUT2D eigenvalue weighted by Gasteiger charge is 1.89. The Balaban J connectivity index is 3.48. The van der Waals surface area contributed by atoms with Gasteiger partial charge in [-0.25, -0.2) is 0 Å². The summed E-state index contributed by atoms with van der Waals surface area (Å²) in [5.74, 6) is -0.201. The monoisotopic (exact) mass is 356 g/mol.